The summed E-state index contributed by atoms with van der Waals surface area (Å²) in [4.78, 5) is 0. The van der Waals surface area contributed by atoms with Crippen molar-refractivity contribution in [3.05, 3.63) is 41.6 Å². The number of aromatic nitrogens is 2. The highest BCUT2D eigenvalue weighted by atomic mass is 15.3. The Balaban J connectivity index is 1.80. The van der Waals surface area contributed by atoms with Gasteiger partial charge in [-0.15, -0.1) is 0 Å². The molecule has 3 nitrogen and oxygen atoms in total. The van der Waals surface area contributed by atoms with E-state index in [4.69, 9.17) is 10.8 Å². The van der Waals surface area contributed by atoms with Crippen molar-refractivity contribution in [2.24, 2.45) is 11.8 Å². The third-order valence-electron chi connectivity index (χ3n) is 5.29. The number of fused-ring (bicyclic) bond motifs is 1. The first-order chi connectivity index (χ1) is 10.2. The Hall–Kier alpha value is -1.77. The second-order valence-electron chi connectivity index (χ2n) is 6.87. The van der Waals surface area contributed by atoms with E-state index in [0.29, 0.717) is 11.8 Å². The minimum absolute atomic E-state index is 0.429. The van der Waals surface area contributed by atoms with Crippen LogP contribution in [-0.2, 0) is 0 Å². The second-order valence-corrected chi connectivity index (χ2v) is 6.87. The number of hydrogen-bond donors (Lipinski definition) is 1. The number of rotatable bonds is 3. The predicted molar refractivity (Wildman–Crippen MR) is 85.6 cm³/mol. The summed E-state index contributed by atoms with van der Waals surface area (Å²) in [6.45, 7) is 4.45. The van der Waals surface area contributed by atoms with Gasteiger partial charge >= 0.3 is 0 Å². The van der Waals surface area contributed by atoms with Gasteiger partial charge < -0.3 is 5.73 Å². The molecule has 1 aromatic carbocycles. The van der Waals surface area contributed by atoms with E-state index in [1.807, 2.05) is 22.9 Å². The molecular formula is C18H23N3. The van der Waals surface area contributed by atoms with Crippen molar-refractivity contribution >= 4 is 5.82 Å². The van der Waals surface area contributed by atoms with Gasteiger partial charge in [-0.05, 0) is 42.7 Å². The Kier molecular flexibility index (Phi) is 2.84. The highest BCUT2D eigenvalue weighted by Gasteiger charge is 2.55. The van der Waals surface area contributed by atoms with Crippen LogP contribution in [0, 0.1) is 11.8 Å². The maximum Gasteiger partial charge on any atom is 0.130 e. The summed E-state index contributed by atoms with van der Waals surface area (Å²) in [5.41, 5.74) is 10.1. The zero-order valence-electron chi connectivity index (χ0n) is 12.8. The highest BCUT2D eigenvalue weighted by molar-refractivity contribution is 5.53. The summed E-state index contributed by atoms with van der Waals surface area (Å²) in [6.07, 6.45) is 4.16. The normalized spacial score (nSPS) is 27.1. The van der Waals surface area contributed by atoms with Gasteiger partial charge in [-0.2, -0.15) is 5.10 Å². The van der Waals surface area contributed by atoms with Crippen LogP contribution < -0.4 is 5.73 Å². The van der Waals surface area contributed by atoms with Crippen LogP contribution in [0.1, 0.15) is 56.2 Å². The number of hydrogen-bond acceptors (Lipinski definition) is 2. The van der Waals surface area contributed by atoms with Gasteiger partial charge in [-0.3, -0.25) is 0 Å². The molecule has 21 heavy (non-hydrogen) atoms. The molecule has 0 aliphatic heterocycles. The molecule has 2 atom stereocenters. The number of nitrogen functional groups attached to an aromatic ring is 1. The SMILES string of the molecule is CC(C)c1c(C2C3CCCC32)nn(-c2ccccc2)c1N. The average molecular weight is 281 g/mol. The fraction of sp³-hybridized carbons (Fsp3) is 0.500. The topological polar surface area (TPSA) is 43.8 Å². The molecule has 3 heteroatoms. The zero-order valence-corrected chi connectivity index (χ0v) is 12.8. The predicted octanol–water partition coefficient (Wildman–Crippen LogP) is 4.09. The van der Waals surface area contributed by atoms with Crippen molar-refractivity contribution in [1.82, 2.24) is 9.78 Å². The van der Waals surface area contributed by atoms with Gasteiger partial charge in [-0.1, -0.05) is 38.5 Å². The molecule has 1 aromatic heterocycles. The van der Waals surface area contributed by atoms with E-state index in [9.17, 15) is 0 Å². The first kappa shape index (κ1) is 12.9. The molecule has 2 saturated carbocycles. The van der Waals surface area contributed by atoms with Crippen molar-refractivity contribution in [3.63, 3.8) is 0 Å². The summed E-state index contributed by atoms with van der Waals surface area (Å²) >= 11 is 0. The maximum absolute atomic E-state index is 6.45. The molecule has 2 aromatic rings. The van der Waals surface area contributed by atoms with E-state index in [-0.39, 0.29) is 0 Å². The lowest BCUT2D eigenvalue weighted by Crippen LogP contribution is -2.03. The van der Waals surface area contributed by atoms with Gasteiger partial charge in [0.05, 0.1) is 11.4 Å². The molecule has 2 unspecified atom stereocenters. The van der Waals surface area contributed by atoms with E-state index >= 15 is 0 Å². The summed E-state index contributed by atoms with van der Waals surface area (Å²) in [5.74, 6) is 3.68. The van der Waals surface area contributed by atoms with Gasteiger partial charge in [0.1, 0.15) is 5.82 Å². The molecule has 1 heterocycles. The number of nitrogens with two attached hydrogens (primary N) is 1. The minimum atomic E-state index is 0.429. The van der Waals surface area contributed by atoms with Gasteiger partial charge in [0, 0.05) is 11.5 Å². The van der Waals surface area contributed by atoms with Crippen molar-refractivity contribution in [2.75, 3.05) is 5.73 Å². The van der Waals surface area contributed by atoms with Crippen LogP contribution in [0.3, 0.4) is 0 Å². The van der Waals surface area contributed by atoms with Crippen LogP contribution in [0.5, 0.6) is 0 Å². The number of nitrogens with zero attached hydrogens (tertiary/aromatic N) is 2. The molecule has 0 bridgehead atoms. The Morgan fingerprint density at radius 2 is 1.81 bits per heavy atom. The molecule has 2 aliphatic carbocycles. The van der Waals surface area contributed by atoms with Crippen molar-refractivity contribution in [1.29, 1.82) is 0 Å². The molecule has 0 saturated heterocycles. The summed E-state index contributed by atoms with van der Waals surface area (Å²) in [7, 11) is 0. The van der Waals surface area contributed by atoms with Crippen LogP contribution in [-0.4, -0.2) is 9.78 Å². The van der Waals surface area contributed by atoms with Gasteiger partial charge in [0.25, 0.3) is 0 Å². The van der Waals surface area contributed by atoms with E-state index < -0.39 is 0 Å². The van der Waals surface area contributed by atoms with Gasteiger partial charge in [0.15, 0.2) is 0 Å². The molecule has 2 fully saturated rings. The van der Waals surface area contributed by atoms with Crippen molar-refractivity contribution in [3.8, 4) is 5.69 Å². The number of para-hydroxylation sites is 1. The summed E-state index contributed by atoms with van der Waals surface area (Å²) < 4.78 is 1.94. The lowest BCUT2D eigenvalue weighted by Gasteiger charge is -2.08. The standard InChI is InChI=1S/C18H23N3/c1-11(2)15-17(16-13-9-6-10-14(13)16)20-21(18(15)19)12-7-4-3-5-8-12/h3-5,7-8,11,13-14,16H,6,9-10,19H2,1-2H3. The van der Waals surface area contributed by atoms with Gasteiger partial charge in [-0.25, -0.2) is 4.68 Å². The smallest absolute Gasteiger partial charge is 0.130 e. The Morgan fingerprint density at radius 3 is 2.43 bits per heavy atom. The van der Waals surface area contributed by atoms with E-state index in [2.05, 4.69) is 26.0 Å². The molecule has 4 rings (SSSR count). The molecular weight excluding hydrogens is 258 g/mol. The average Bonchev–Trinajstić information content (AvgIpc) is 2.85. The van der Waals surface area contributed by atoms with Gasteiger partial charge in [0.2, 0.25) is 0 Å². The van der Waals surface area contributed by atoms with Crippen LogP contribution in [0.15, 0.2) is 30.3 Å². The lowest BCUT2D eigenvalue weighted by molar-refractivity contribution is 0.657. The quantitative estimate of drug-likeness (QED) is 0.920. The van der Waals surface area contributed by atoms with Crippen LogP contribution in [0.4, 0.5) is 5.82 Å². The third kappa shape index (κ3) is 1.90. The fourth-order valence-electron chi connectivity index (χ4n) is 4.29. The maximum atomic E-state index is 6.45. The Bertz CT molecular complexity index is 647. The van der Waals surface area contributed by atoms with E-state index in [1.165, 1.54) is 30.5 Å². The highest BCUT2D eigenvalue weighted by Crippen LogP contribution is 2.64. The second kappa shape index (κ2) is 4.62. The largest absolute Gasteiger partial charge is 0.383 e. The lowest BCUT2D eigenvalue weighted by atomic mass is 9.97. The Labute approximate surface area is 126 Å². The zero-order chi connectivity index (χ0) is 14.6. The fourth-order valence-corrected chi connectivity index (χ4v) is 4.29. The van der Waals surface area contributed by atoms with Crippen molar-refractivity contribution in [2.45, 2.75) is 44.9 Å². The molecule has 110 valence electrons. The van der Waals surface area contributed by atoms with Crippen LogP contribution in [0.25, 0.3) is 5.69 Å². The van der Waals surface area contributed by atoms with Crippen LogP contribution >= 0.6 is 0 Å². The van der Waals surface area contributed by atoms with Crippen molar-refractivity contribution < 1.29 is 0 Å². The number of benzene rings is 1. The third-order valence-corrected chi connectivity index (χ3v) is 5.29. The van der Waals surface area contributed by atoms with E-state index in [0.717, 1.165) is 23.3 Å². The molecule has 2 N–H and O–H groups in total. The first-order valence-corrected chi connectivity index (χ1v) is 8.12. The monoisotopic (exact) mass is 281 g/mol. The summed E-state index contributed by atoms with van der Waals surface area (Å²) in [6, 6.07) is 10.3. The number of anilines is 1. The molecule has 2 aliphatic rings. The van der Waals surface area contributed by atoms with Crippen LogP contribution in [0.2, 0.25) is 0 Å². The summed E-state index contributed by atoms with van der Waals surface area (Å²) in [5, 5.41) is 4.94. The molecule has 0 spiro atoms. The molecule has 0 amide bonds. The minimum Gasteiger partial charge on any atom is -0.383 e. The first-order valence-electron chi connectivity index (χ1n) is 8.12. The molecule has 0 radical (unpaired) electrons. The Morgan fingerprint density at radius 1 is 1.14 bits per heavy atom. The van der Waals surface area contributed by atoms with E-state index in [1.54, 1.807) is 0 Å².